The van der Waals surface area contributed by atoms with Gasteiger partial charge >= 0.3 is 0 Å². The Kier molecular flexibility index (Phi) is 15.2. The molecule has 0 atom stereocenters. The van der Waals surface area contributed by atoms with Crippen molar-refractivity contribution in [3.8, 4) is 168 Å². The van der Waals surface area contributed by atoms with E-state index >= 15 is 0 Å². The van der Waals surface area contributed by atoms with Crippen LogP contribution >= 0.6 is 0 Å². The highest BCUT2D eigenvalue weighted by atomic mass is 16.3. The molecular weight excluding hydrogens is 1510 g/mol. The first-order valence-electron chi connectivity index (χ1n) is 42.5. The molecule has 4 aliphatic carbocycles. The smallest absolute Gasteiger partial charge is 0.161 e. The first kappa shape index (κ1) is 69.6. The average Bonchev–Trinajstić information content (AvgIpc) is 1.52. The van der Waals surface area contributed by atoms with Crippen molar-refractivity contribution in [2.75, 3.05) is 0 Å². The van der Waals surface area contributed by atoms with E-state index in [2.05, 4.69) is 413 Å². The minimum Gasteiger partial charge on any atom is -0.456 e. The number of hydrogen-bond acceptors (Lipinski definition) is 6. The number of fused-ring (bicyclic) bond motifs is 30. The maximum Gasteiger partial charge on any atom is 0.161 e. The second-order valence-electron chi connectivity index (χ2n) is 33.1. The molecule has 6 nitrogen and oxygen atoms in total. The van der Waals surface area contributed by atoms with Crippen LogP contribution in [0.1, 0.15) is 44.5 Å². The Morgan fingerprint density at radius 2 is 0.476 bits per heavy atom. The molecule has 18 aromatic carbocycles. The first-order valence-corrected chi connectivity index (χ1v) is 42.5. The normalized spacial score (nSPS) is 13.1. The van der Waals surface area contributed by atoms with Crippen LogP contribution in [0.3, 0.4) is 0 Å². The van der Waals surface area contributed by atoms with Gasteiger partial charge in [-0.2, -0.15) is 0 Å². The number of hydrogen-bond donors (Lipinski definition) is 0. The van der Waals surface area contributed by atoms with Crippen LogP contribution in [-0.4, -0.2) is 19.9 Å². The molecule has 124 heavy (non-hydrogen) atoms. The molecule has 0 N–H and O–H groups in total. The quantitative estimate of drug-likeness (QED) is 0.143. The fraction of sp³-hybridized carbons (Fsp3) is 0.0169. The third-order valence-corrected chi connectivity index (χ3v) is 26.9. The molecule has 0 unspecified atom stereocenters. The van der Waals surface area contributed by atoms with Crippen molar-refractivity contribution in [2.24, 2.45) is 0 Å². The van der Waals surface area contributed by atoms with E-state index in [-0.39, 0.29) is 0 Å². The van der Waals surface area contributed by atoms with Crippen LogP contribution in [0, 0.1) is 0 Å². The maximum absolute atomic E-state index is 7.22. The Morgan fingerprint density at radius 1 is 0.161 bits per heavy atom. The van der Waals surface area contributed by atoms with Crippen LogP contribution in [-0.2, 0) is 10.8 Å². The zero-order chi connectivity index (χ0) is 81.3. The van der Waals surface area contributed by atoms with Crippen molar-refractivity contribution in [2.45, 2.75) is 10.8 Å². The fourth-order valence-corrected chi connectivity index (χ4v) is 21.6. The molecule has 22 aromatic rings. The van der Waals surface area contributed by atoms with Crippen LogP contribution in [0.5, 0.6) is 0 Å². The molecule has 0 aliphatic heterocycles. The zero-order valence-electron chi connectivity index (χ0n) is 67.0. The van der Waals surface area contributed by atoms with Crippen molar-refractivity contribution in [3.05, 3.63) is 469 Å². The van der Waals surface area contributed by atoms with Gasteiger partial charge in [-0.1, -0.05) is 376 Å². The summed E-state index contributed by atoms with van der Waals surface area (Å²) in [7, 11) is 0. The highest BCUT2D eigenvalue weighted by Gasteiger charge is 2.52. The molecule has 26 rings (SSSR count). The summed E-state index contributed by atoms with van der Waals surface area (Å²) < 4.78 is 13.8. The molecule has 4 aliphatic rings. The van der Waals surface area contributed by atoms with Crippen molar-refractivity contribution in [1.82, 2.24) is 19.9 Å². The predicted molar refractivity (Wildman–Crippen MR) is 505 cm³/mol. The lowest BCUT2D eigenvalue weighted by molar-refractivity contribution is 0.669. The molecule has 2 spiro atoms. The van der Waals surface area contributed by atoms with E-state index in [0.29, 0.717) is 11.6 Å². The second kappa shape index (κ2) is 27.1. The number of aromatic nitrogens is 4. The van der Waals surface area contributed by atoms with Gasteiger partial charge in [-0.25, -0.2) is 19.9 Å². The van der Waals surface area contributed by atoms with E-state index in [1.165, 1.54) is 111 Å². The number of para-hydroxylation sites is 2. The van der Waals surface area contributed by atoms with Crippen molar-refractivity contribution in [1.29, 1.82) is 0 Å². The molecule has 0 saturated carbocycles. The van der Waals surface area contributed by atoms with Gasteiger partial charge in [0.1, 0.15) is 22.3 Å². The van der Waals surface area contributed by atoms with Gasteiger partial charge < -0.3 is 8.83 Å². The minimum absolute atomic E-state index is 0.610. The molecule has 0 amide bonds. The van der Waals surface area contributed by atoms with Crippen molar-refractivity contribution in [3.63, 3.8) is 0 Å². The fourth-order valence-electron chi connectivity index (χ4n) is 21.6. The summed E-state index contributed by atoms with van der Waals surface area (Å²) >= 11 is 0. The second-order valence-corrected chi connectivity index (χ2v) is 33.1. The SMILES string of the molecule is c1ccc(-c2ccccc2-c2nc(-c3ccc4c(c3)C3(c5ccccc5-c5ccccc5-4)c4ccccc4-c4ccccc43)cc(-c3ccc(-c4ccc(-c5ccc(-c6nc(-c7ccc8c(c7)C7(c9ccccc9-c9ccccc9-8)c8ccccc8-c8ccccc87)cc(-c7cccc8oc9ccccc9c78)n6)cc5)cc4)c4c3oc3ccccc34)n2)cc1. The molecule has 4 aromatic heterocycles. The number of benzene rings is 18. The van der Waals surface area contributed by atoms with Gasteiger partial charge in [0, 0.05) is 54.9 Å². The minimum atomic E-state index is -0.687. The molecule has 0 fully saturated rings. The predicted octanol–water partition coefficient (Wildman–Crippen LogP) is 30.1. The summed E-state index contributed by atoms with van der Waals surface area (Å²) in [6.07, 6.45) is 0. The molecular formula is C118H70N4O2. The van der Waals surface area contributed by atoms with E-state index < -0.39 is 10.8 Å². The van der Waals surface area contributed by atoms with Crippen molar-refractivity contribution < 1.29 is 8.83 Å². The third kappa shape index (κ3) is 10.2. The lowest BCUT2D eigenvalue weighted by Gasteiger charge is -2.35. The van der Waals surface area contributed by atoms with Crippen LogP contribution < -0.4 is 0 Å². The summed E-state index contributed by atoms with van der Waals surface area (Å²) in [5.41, 5.74) is 41.5. The van der Waals surface area contributed by atoms with E-state index in [0.717, 1.165) is 133 Å². The zero-order valence-corrected chi connectivity index (χ0v) is 67.0. The summed E-state index contributed by atoms with van der Waals surface area (Å²) in [5, 5.41) is 4.07. The molecule has 574 valence electrons. The molecule has 0 saturated heterocycles. The Balaban J connectivity index is 0.603. The first-order chi connectivity index (χ1) is 61.5. The number of furan rings is 2. The van der Waals surface area contributed by atoms with Crippen LogP contribution in [0.15, 0.2) is 433 Å². The third-order valence-electron chi connectivity index (χ3n) is 26.9. The van der Waals surface area contributed by atoms with Gasteiger partial charge in [-0.3, -0.25) is 0 Å². The van der Waals surface area contributed by atoms with Crippen LogP contribution in [0.25, 0.3) is 212 Å². The summed E-state index contributed by atoms with van der Waals surface area (Å²) in [6, 6.07) is 155. The highest BCUT2D eigenvalue weighted by Crippen LogP contribution is 2.64. The van der Waals surface area contributed by atoms with Gasteiger partial charge in [-0.15, -0.1) is 0 Å². The van der Waals surface area contributed by atoms with Gasteiger partial charge in [-0.05, 0) is 193 Å². The lowest BCUT2D eigenvalue weighted by Crippen LogP contribution is -2.29. The molecule has 6 heteroatoms. The number of rotatable bonds is 9. The molecule has 0 radical (unpaired) electrons. The van der Waals surface area contributed by atoms with E-state index in [4.69, 9.17) is 28.8 Å². The molecule has 0 bridgehead atoms. The van der Waals surface area contributed by atoms with E-state index in [1.54, 1.807) is 0 Å². The Morgan fingerprint density at radius 3 is 0.976 bits per heavy atom. The summed E-state index contributed by atoms with van der Waals surface area (Å²) in [4.78, 5) is 22.7. The molecule has 4 heterocycles. The maximum atomic E-state index is 7.22. The standard InChI is InChI=1S/C118H70N4O2/c1-2-27-73(28-3-1)78-29-4-9-40-92(78)116-120-106(77-62-64-91-83-33-8-6-31-81(83)85-35-11-19-45-98(85)118(104(91)68-77)101-48-22-14-38-88(101)89-39-15-23-49-102(89)118)70-108(122-116)94-66-65-79(113-96-42-17-25-51-110(96)124-114(94)113)74-57-53-71(54-58-74)72-55-59-75(60-56-72)115-119-105(69-107(121-115)93-43-26-52-111-112(93)95-41-16-24-50-109(95)123-111)76-61-63-90-82-32-7-5-30-80(82)84-34-10-18-44-97(84)117(103(90)67-76)99-46-20-12-36-86(99)87-37-13-21-47-100(87)117/h1-70H. The largest absolute Gasteiger partial charge is 0.456 e. The van der Waals surface area contributed by atoms with Gasteiger partial charge in [0.2, 0.25) is 0 Å². The monoisotopic (exact) mass is 1570 g/mol. The Bertz CT molecular complexity index is 8160. The van der Waals surface area contributed by atoms with Gasteiger partial charge in [0.05, 0.1) is 33.6 Å². The van der Waals surface area contributed by atoms with Crippen LogP contribution in [0.4, 0.5) is 0 Å². The summed E-state index contributed by atoms with van der Waals surface area (Å²) in [6.45, 7) is 0. The highest BCUT2D eigenvalue weighted by molar-refractivity contribution is 6.17. The van der Waals surface area contributed by atoms with E-state index in [9.17, 15) is 0 Å². The number of nitrogens with zero attached hydrogens (tertiary/aromatic N) is 4. The lowest BCUT2D eigenvalue weighted by atomic mass is 9.65. The van der Waals surface area contributed by atoms with E-state index in [1.807, 2.05) is 12.1 Å². The van der Waals surface area contributed by atoms with Crippen molar-refractivity contribution >= 4 is 43.9 Å². The summed E-state index contributed by atoms with van der Waals surface area (Å²) in [5.74, 6) is 1.23. The van der Waals surface area contributed by atoms with Gasteiger partial charge in [0.15, 0.2) is 11.6 Å². The topological polar surface area (TPSA) is 77.8 Å². The average molecular weight is 1580 g/mol. The Labute approximate surface area is 715 Å². The van der Waals surface area contributed by atoms with Gasteiger partial charge in [0.25, 0.3) is 0 Å². The Hall–Kier alpha value is -16.3. The van der Waals surface area contributed by atoms with Crippen LogP contribution in [0.2, 0.25) is 0 Å².